The van der Waals surface area contributed by atoms with Crippen LogP contribution in [0.3, 0.4) is 0 Å². The van der Waals surface area contributed by atoms with Gasteiger partial charge in [0.25, 0.3) is 0 Å². The fraction of sp³-hybridized carbons (Fsp3) is 0.565. The van der Waals surface area contributed by atoms with Gasteiger partial charge < -0.3 is 4.74 Å². The van der Waals surface area contributed by atoms with Crippen LogP contribution in [0.15, 0.2) is 30.5 Å². The zero-order chi connectivity index (χ0) is 21.0. The Labute approximate surface area is 172 Å². The summed E-state index contributed by atoms with van der Waals surface area (Å²) in [7, 11) is 0. The number of pyridine rings is 1. The van der Waals surface area contributed by atoms with Crippen molar-refractivity contribution in [3.63, 3.8) is 0 Å². The zero-order valence-electron chi connectivity index (χ0n) is 17.9. The van der Waals surface area contributed by atoms with Gasteiger partial charge >= 0.3 is 6.09 Å². The normalized spacial score (nSPS) is 20.1. The van der Waals surface area contributed by atoms with Crippen molar-refractivity contribution in [2.45, 2.75) is 64.9 Å². The predicted octanol–water partition coefficient (Wildman–Crippen LogP) is 5.41. The highest BCUT2D eigenvalue weighted by Gasteiger charge is 2.26. The minimum Gasteiger partial charge on any atom is -0.443 e. The maximum absolute atomic E-state index is 13.8. The molecule has 1 amide bonds. The first-order valence-corrected chi connectivity index (χ1v) is 10.5. The molecule has 2 aromatic rings. The van der Waals surface area contributed by atoms with E-state index in [1.165, 1.54) is 11.6 Å². The number of benzene rings is 1. The molecular weight excluding hydrogens is 369 g/mol. The monoisotopic (exact) mass is 401 g/mol. The second kappa shape index (κ2) is 9.08. The Morgan fingerprint density at radius 2 is 1.97 bits per heavy atom. The van der Waals surface area contributed by atoms with Gasteiger partial charge in [-0.15, -0.1) is 0 Å². The molecule has 0 aliphatic heterocycles. The molecule has 1 saturated carbocycles. The Morgan fingerprint density at radius 3 is 2.62 bits per heavy atom. The minimum absolute atomic E-state index is 0.216. The SMILES string of the molecule is CCN(CC1CCC(c2ccnc3ccc(F)cc23)CC1)NC(=O)OC(C)(C)C. The van der Waals surface area contributed by atoms with Crippen LogP contribution >= 0.6 is 0 Å². The molecule has 158 valence electrons. The Hall–Kier alpha value is -2.21. The molecule has 1 heterocycles. The quantitative estimate of drug-likeness (QED) is 0.681. The first-order chi connectivity index (χ1) is 13.7. The van der Waals surface area contributed by atoms with Crippen molar-refractivity contribution in [2.75, 3.05) is 13.1 Å². The van der Waals surface area contributed by atoms with Crippen LogP contribution in [0.2, 0.25) is 0 Å². The number of hydrazine groups is 1. The summed E-state index contributed by atoms with van der Waals surface area (Å²) in [5.41, 5.74) is 4.41. The Balaban J connectivity index is 1.58. The van der Waals surface area contributed by atoms with E-state index in [0.29, 0.717) is 11.8 Å². The van der Waals surface area contributed by atoms with Crippen molar-refractivity contribution in [3.05, 3.63) is 41.8 Å². The van der Waals surface area contributed by atoms with Gasteiger partial charge in [-0.05, 0) is 88.1 Å². The molecule has 3 rings (SSSR count). The molecule has 5 nitrogen and oxygen atoms in total. The van der Waals surface area contributed by atoms with Crippen molar-refractivity contribution >= 4 is 17.0 Å². The lowest BCUT2D eigenvalue weighted by atomic mass is 9.78. The fourth-order valence-electron chi connectivity index (χ4n) is 4.15. The van der Waals surface area contributed by atoms with Gasteiger partial charge in [-0.3, -0.25) is 10.4 Å². The van der Waals surface area contributed by atoms with Gasteiger partial charge in [0, 0.05) is 24.7 Å². The van der Waals surface area contributed by atoms with E-state index in [4.69, 9.17) is 4.74 Å². The van der Waals surface area contributed by atoms with Crippen molar-refractivity contribution in [1.82, 2.24) is 15.4 Å². The van der Waals surface area contributed by atoms with E-state index in [-0.39, 0.29) is 5.82 Å². The number of carbonyl (C=O) groups excluding carboxylic acids is 1. The molecule has 6 heteroatoms. The molecule has 1 aliphatic rings. The topological polar surface area (TPSA) is 54.5 Å². The largest absolute Gasteiger partial charge is 0.443 e. The van der Waals surface area contributed by atoms with E-state index >= 15 is 0 Å². The summed E-state index contributed by atoms with van der Waals surface area (Å²) in [5, 5.41) is 2.87. The lowest BCUT2D eigenvalue weighted by Crippen LogP contribution is -2.47. The van der Waals surface area contributed by atoms with Crippen LogP contribution in [-0.4, -0.2) is 34.8 Å². The molecule has 0 unspecified atom stereocenters. The van der Waals surface area contributed by atoms with Crippen molar-refractivity contribution < 1.29 is 13.9 Å². The van der Waals surface area contributed by atoms with Crippen molar-refractivity contribution in [3.8, 4) is 0 Å². The van der Waals surface area contributed by atoms with Gasteiger partial charge in [0.1, 0.15) is 11.4 Å². The fourth-order valence-corrected chi connectivity index (χ4v) is 4.15. The minimum atomic E-state index is -0.506. The highest BCUT2D eigenvalue weighted by atomic mass is 19.1. The second-order valence-corrected chi connectivity index (χ2v) is 8.93. The van der Waals surface area contributed by atoms with Gasteiger partial charge in [-0.25, -0.2) is 14.2 Å². The maximum atomic E-state index is 13.8. The number of amides is 1. The van der Waals surface area contributed by atoms with E-state index in [1.807, 2.05) is 45.0 Å². The summed E-state index contributed by atoms with van der Waals surface area (Å²) < 4.78 is 19.1. The number of hydrogen-bond donors (Lipinski definition) is 1. The van der Waals surface area contributed by atoms with E-state index in [2.05, 4.69) is 10.4 Å². The molecule has 1 fully saturated rings. The molecule has 1 aromatic carbocycles. The molecule has 0 radical (unpaired) electrons. The molecule has 0 atom stereocenters. The molecule has 0 spiro atoms. The summed E-state index contributed by atoms with van der Waals surface area (Å²) in [5.74, 6) is 0.727. The number of fused-ring (bicyclic) bond motifs is 1. The van der Waals surface area contributed by atoms with Gasteiger partial charge in [-0.1, -0.05) is 6.92 Å². The number of hydrogen-bond acceptors (Lipinski definition) is 4. The number of aromatic nitrogens is 1. The van der Waals surface area contributed by atoms with Gasteiger partial charge in [0.05, 0.1) is 5.52 Å². The van der Waals surface area contributed by atoms with E-state index in [9.17, 15) is 9.18 Å². The molecular formula is C23H32FN3O2. The summed E-state index contributed by atoms with van der Waals surface area (Å²) in [6, 6.07) is 6.86. The molecule has 1 aliphatic carbocycles. The number of carbonyl (C=O) groups is 1. The first kappa shape index (κ1) is 21.5. The lowest BCUT2D eigenvalue weighted by Gasteiger charge is -2.33. The highest BCUT2D eigenvalue weighted by molar-refractivity contribution is 5.82. The molecule has 1 N–H and O–H groups in total. The van der Waals surface area contributed by atoms with E-state index in [0.717, 1.165) is 49.7 Å². The third-order valence-electron chi connectivity index (χ3n) is 5.53. The number of halogens is 1. The molecule has 0 saturated heterocycles. The van der Waals surface area contributed by atoms with Crippen LogP contribution in [0.1, 0.15) is 64.9 Å². The average molecular weight is 402 g/mol. The summed E-state index contributed by atoms with van der Waals surface area (Å²) in [6.45, 7) is 9.15. The molecule has 1 aromatic heterocycles. The Bertz CT molecular complexity index is 842. The number of ether oxygens (including phenoxy) is 1. The van der Waals surface area contributed by atoms with Gasteiger partial charge in [0.2, 0.25) is 0 Å². The number of nitrogens with zero attached hydrogens (tertiary/aromatic N) is 2. The first-order valence-electron chi connectivity index (χ1n) is 10.5. The van der Waals surface area contributed by atoms with Crippen LogP contribution in [0.5, 0.6) is 0 Å². The summed E-state index contributed by atoms with van der Waals surface area (Å²) in [6.07, 6.45) is 5.70. The molecule has 29 heavy (non-hydrogen) atoms. The smallest absolute Gasteiger partial charge is 0.422 e. The maximum Gasteiger partial charge on any atom is 0.422 e. The Morgan fingerprint density at radius 1 is 1.24 bits per heavy atom. The summed E-state index contributed by atoms with van der Waals surface area (Å²) in [4.78, 5) is 16.4. The van der Waals surface area contributed by atoms with Crippen LogP contribution in [0.4, 0.5) is 9.18 Å². The lowest BCUT2D eigenvalue weighted by molar-refractivity contribution is 0.0299. The standard InChI is InChI=1S/C23H32FN3O2/c1-5-27(26-22(28)29-23(2,3)4)15-16-6-8-17(9-7-16)19-12-13-25-21-11-10-18(24)14-20(19)21/h10-14,16-17H,5-9,15H2,1-4H3,(H,26,28). The third-order valence-corrected chi connectivity index (χ3v) is 5.53. The average Bonchev–Trinajstić information content (AvgIpc) is 2.66. The summed E-state index contributed by atoms with van der Waals surface area (Å²) >= 11 is 0. The van der Waals surface area contributed by atoms with Crippen LogP contribution in [-0.2, 0) is 4.74 Å². The third kappa shape index (κ3) is 5.89. The van der Waals surface area contributed by atoms with Crippen LogP contribution in [0, 0.1) is 11.7 Å². The second-order valence-electron chi connectivity index (χ2n) is 8.93. The van der Waals surface area contributed by atoms with Crippen LogP contribution in [0.25, 0.3) is 10.9 Å². The van der Waals surface area contributed by atoms with Crippen LogP contribution < -0.4 is 5.43 Å². The van der Waals surface area contributed by atoms with Gasteiger partial charge in [-0.2, -0.15) is 0 Å². The van der Waals surface area contributed by atoms with Crippen molar-refractivity contribution in [1.29, 1.82) is 0 Å². The van der Waals surface area contributed by atoms with E-state index in [1.54, 1.807) is 12.1 Å². The molecule has 0 bridgehead atoms. The Kier molecular flexibility index (Phi) is 6.73. The number of rotatable bonds is 5. The zero-order valence-corrected chi connectivity index (χ0v) is 17.9. The van der Waals surface area contributed by atoms with Gasteiger partial charge in [0.15, 0.2) is 0 Å². The van der Waals surface area contributed by atoms with Crippen molar-refractivity contribution in [2.24, 2.45) is 5.92 Å². The number of nitrogens with one attached hydrogen (secondary N) is 1. The predicted molar refractivity (Wildman–Crippen MR) is 113 cm³/mol. The van der Waals surface area contributed by atoms with E-state index < -0.39 is 11.7 Å². The highest BCUT2D eigenvalue weighted by Crippen LogP contribution is 2.38.